The van der Waals surface area contributed by atoms with E-state index in [1.54, 1.807) is 30.3 Å². The molecule has 0 saturated carbocycles. The molecule has 3 rings (SSSR count). The fraction of sp³-hybridized carbons (Fsp3) is 0.667. The van der Waals surface area contributed by atoms with Crippen LogP contribution in [0.3, 0.4) is 0 Å². The number of carbonyl (C=O) groups excluding carboxylic acids is 1. The molecule has 3 heterocycles. The normalized spacial score (nSPS) is 30.2. The molecule has 5 heteroatoms. The number of likely N-dealkylation sites (tertiary alicyclic amines) is 1. The van der Waals surface area contributed by atoms with Crippen LogP contribution in [0.4, 0.5) is 0 Å². The number of fused-ring (bicyclic) bond motifs is 1. The second-order valence-electron chi connectivity index (χ2n) is 5.93. The Balaban J connectivity index is 1.60. The smallest absolute Gasteiger partial charge is 0.251 e. The quantitative estimate of drug-likeness (QED) is 0.854. The number of carbonyl (C=O) groups is 1. The number of nitrogens with zero attached hydrogens (tertiary/aromatic N) is 2. The summed E-state index contributed by atoms with van der Waals surface area (Å²) in [6.45, 7) is 2.09. The molecule has 4 nitrogen and oxygen atoms in total. The van der Waals surface area contributed by atoms with Crippen LogP contribution in [0.1, 0.15) is 24.8 Å². The Kier molecular flexibility index (Phi) is 4.10. The molecule has 2 fully saturated rings. The highest BCUT2D eigenvalue weighted by Crippen LogP contribution is 2.33. The van der Waals surface area contributed by atoms with E-state index in [1.165, 1.54) is 5.56 Å². The van der Waals surface area contributed by atoms with Crippen LogP contribution < -0.4 is 0 Å². The molecule has 0 aliphatic carbocycles. The summed E-state index contributed by atoms with van der Waals surface area (Å²) in [4.78, 5) is 16.2. The van der Waals surface area contributed by atoms with Gasteiger partial charge in [-0.2, -0.15) is 11.3 Å². The Morgan fingerprint density at radius 2 is 2.30 bits per heavy atom. The van der Waals surface area contributed by atoms with Gasteiger partial charge >= 0.3 is 0 Å². The number of rotatable bonds is 3. The zero-order valence-corrected chi connectivity index (χ0v) is 12.9. The van der Waals surface area contributed by atoms with Gasteiger partial charge in [0.2, 0.25) is 0 Å². The molecule has 2 saturated heterocycles. The van der Waals surface area contributed by atoms with Gasteiger partial charge < -0.3 is 9.64 Å². The van der Waals surface area contributed by atoms with Crippen molar-refractivity contribution in [2.45, 2.75) is 44.1 Å². The molecule has 0 bridgehead atoms. The van der Waals surface area contributed by atoms with Crippen molar-refractivity contribution in [1.29, 1.82) is 0 Å². The van der Waals surface area contributed by atoms with Gasteiger partial charge in [-0.05, 0) is 41.7 Å². The van der Waals surface area contributed by atoms with Crippen molar-refractivity contribution < 1.29 is 9.53 Å². The molecule has 1 aromatic rings. The molecular weight excluding hydrogens is 272 g/mol. The Bertz CT molecular complexity index is 460. The van der Waals surface area contributed by atoms with E-state index >= 15 is 0 Å². The van der Waals surface area contributed by atoms with E-state index in [0.29, 0.717) is 6.04 Å². The minimum atomic E-state index is -0.229. The third-order valence-corrected chi connectivity index (χ3v) is 5.08. The summed E-state index contributed by atoms with van der Waals surface area (Å²) < 4.78 is 6.05. The predicted molar refractivity (Wildman–Crippen MR) is 79.7 cm³/mol. The van der Waals surface area contributed by atoms with Crippen molar-refractivity contribution in [3.05, 3.63) is 22.4 Å². The van der Waals surface area contributed by atoms with Crippen LogP contribution in [0.15, 0.2) is 16.8 Å². The lowest BCUT2D eigenvalue weighted by molar-refractivity contribution is -0.152. The molecule has 3 atom stereocenters. The minimum absolute atomic E-state index is 0.111. The van der Waals surface area contributed by atoms with E-state index in [-0.39, 0.29) is 18.1 Å². The lowest BCUT2D eigenvalue weighted by Crippen LogP contribution is -2.47. The fourth-order valence-corrected chi connectivity index (χ4v) is 3.96. The Morgan fingerprint density at radius 3 is 3.00 bits per heavy atom. The van der Waals surface area contributed by atoms with Crippen molar-refractivity contribution in [3.63, 3.8) is 0 Å². The van der Waals surface area contributed by atoms with Crippen LogP contribution in [0.5, 0.6) is 0 Å². The summed E-state index contributed by atoms with van der Waals surface area (Å²) in [6.07, 6.45) is 2.97. The SMILES string of the molecule is CN(C)C(=O)[C@H]1CC[C@@H]2[C@@H](CCN2Cc2ccsc2)O1. The molecule has 2 aliphatic rings. The van der Waals surface area contributed by atoms with Crippen LogP contribution in [0.25, 0.3) is 0 Å². The van der Waals surface area contributed by atoms with Gasteiger partial charge in [-0.25, -0.2) is 0 Å². The number of amides is 1. The lowest BCUT2D eigenvalue weighted by atomic mass is 9.98. The first kappa shape index (κ1) is 14.0. The van der Waals surface area contributed by atoms with E-state index < -0.39 is 0 Å². The van der Waals surface area contributed by atoms with Gasteiger partial charge in [0.1, 0.15) is 6.10 Å². The van der Waals surface area contributed by atoms with E-state index in [9.17, 15) is 4.79 Å². The van der Waals surface area contributed by atoms with Crippen molar-refractivity contribution in [1.82, 2.24) is 9.80 Å². The molecule has 0 unspecified atom stereocenters. The van der Waals surface area contributed by atoms with E-state index in [4.69, 9.17) is 4.74 Å². The molecule has 0 N–H and O–H groups in total. The average Bonchev–Trinajstić information content (AvgIpc) is 3.08. The second kappa shape index (κ2) is 5.84. The van der Waals surface area contributed by atoms with Gasteiger partial charge in [0.05, 0.1) is 6.10 Å². The molecule has 0 spiro atoms. The van der Waals surface area contributed by atoms with Crippen LogP contribution >= 0.6 is 11.3 Å². The van der Waals surface area contributed by atoms with Crippen molar-refractivity contribution in [2.75, 3.05) is 20.6 Å². The first-order chi connectivity index (χ1) is 9.65. The Morgan fingerprint density at radius 1 is 1.45 bits per heavy atom. The van der Waals surface area contributed by atoms with Crippen molar-refractivity contribution in [3.8, 4) is 0 Å². The topological polar surface area (TPSA) is 32.8 Å². The maximum absolute atomic E-state index is 12.0. The van der Waals surface area contributed by atoms with Crippen LogP contribution in [-0.2, 0) is 16.1 Å². The number of hydrogen-bond acceptors (Lipinski definition) is 4. The van der Waals surface area contributed by atoms with Crippen LogP contribution in [0, 0.1) is 0 Å². The molecule has 1 amide bonds. The maximum atomic E-state index is 12.0. The van der Waals surface area contributed by atoms with E-state index in [0.717, 1.165) is 32.4 Å². The molecule has 110 valence electrons. The standard InChI is InChI=1S/C15H22N2O2S/c1-16(2)15(18)14-4-3-12-13(19-14)5-7-17(12)9-11-6-8-20-10-11/h6,8,10,12-14H,3-5,7,9H2,1-2H3/t12-,13-,14-/m1/s1. The average molecular weight is 294 g/mol. The first-order valence-electron chi connectivity index (χ1n) is 7.27. The number of likely N-dealkylation sites (N-methyl/N-ethyl adjacent to an activating group) is 1. The monoisotopic (exact) mass is 294 g/mol. The molecule has 1 aromatic heterocycles. The van der Waals surface area contributed by atoms with Gasteiger partial charge in [0.15, 0.2) is 0 Å². The van der Waals surface area contributed by atoms with Crippen LogP contribution in [-0.4, -0.2) is 54.6 Å². The maximum Gasteiger partial charge on any atom is 0.251 e. The number of ether oxygens (including phenoxy) is 1. The third-order valence-electron chi connectivity index (χ3n) is 4.34. The second-order valence-corrected chi connectivity index (χ2v) is 6.71. The summed E-state index contributed by atoms with van der Waals surface area (Å²) in [7, 11) is 3.60. The third kappa shape index (κ3) is 2.75. The molecule has 0 aromatic carbocycles. The van der Waals surface area contributed by atoms with Gasteiger partial charge in [0.25, 0.3) is 5.91 Å². The summed E-state index contributed by atoms with van der Waals surface area (Å²) in [5.41, 5.74) is 1.39. The van der Waals surface area contributed by atoms with Crippen molar-refractivity contribution in [2.24, 2.45) is 0 Å². The Labute approximate surface area is 124 Å². The van der Waals surface area contributed by atoms with Crippen LogP contribution in [0.2, 0.25) is 0 Å². The summed E-state index contributed by atoms with van der Waals surface area (Å²) >= 11 is 1.75. The first-order valence-corrected chi connectivity index (χ1v) is 8.21. The number of hydrogen-bond donors (Lipinski definition) is 0. The van der Waals surface area contributed by atoms with Gasteiger partial charge in [0, 0.05) is 33.2 Å². The lowest BCUT2D eigenvalue weighted by Gasteiger charge is -2.36. The van der Waals surface area contributed by atoms with E-state index in [1.807, 2.05) is 0 Å². The predicted octanol–water partition coefficient (Wildman–Crippen LogP) is 1.96. The Hall–Kier alpha value is -0.910. The van der Waals surface area contributed by atoms with E-state index in [2.05, 4.69) is 21.7 Å². The van der Waals surface area contributed by atoms with Gasteiger partial charge in [-0.3, -0.25) is 9.69 Å². The largest absolute Gasteiger partial charge is 0.363 e. The zero-order chi connectivity index (χ0) is 14.1. The molecular formula is C15H22N2O2S. The highest BCUT2D eigenvalue weighted by Gasteiger charge is 2.41. The fourth-order valence-electron chi connectivity index (χ4n) is 3.30. The summed E-state index contributed by atoms with van der Waals surface area (Å²) in [6, 6.07) is 2.68. The highest BCUT2D eigenvalue weighted by molar-refractivity contribution is 7.07. The van der Waals surface area contributed by atoms with Gasteiger partial charge in [-0.1, -0.05) is 0 Å². The van der Waals surface area contributed by atoms with Crippen molar-refractivity contribution >= 4 is 17.2 Å². The summed E-state index contributed by atoms with van der Waals surface area (Å²) in [5.74, 6) is 0.111. The highest BCUT2D eigenvalue weighted by atomic mass is 32.1. The molecule has 20 heavy (non-hydrogen) atoms. The zero-order valence-electron chi connectivity index (χ0n) is 12.1. The van der Waals surface area contributed by atoms with Gasteiger partial charge in [-0.15, -0.1) is 0 Å². The number of thiophene rings is 1. The minimum Gasteiger partial charge on any atom is -0.363 e. The molecule has 0 radical (unpaired) electrons. The molecule has 2 aliphatic heterocycles. The summed E-state index contributed by atoms with van der Waals surface area (Å²) in [5, 5.41) is 4.35.